The van der Waals surface area contributed by atoms with Crippen LogP contribution >= 0.6 is 11.3 Å². The average Bonchev–Trinajstić information content (AvgIpc) is 3.09. The molecule has 7 heteroatoms. The summed E-state index contributed by atoms with van der Waals surface area (Å²) in [4.78, 5) is 31.1. The van der Waals surface area contributed by atoms with Gasteiger partial charge in [0.25, 0.3) is 5.56 Å². The lowest BCUT2D eigenvalue weighted by molar-refractivity contribution is -0.139. The molecule has 2 aromatic carbocycles. The van der Waals surface area contributed by atoms with Crippen LogP contribution in [0.4, 0.5) is 4.39 Å². The Balaban J connectivity index is 1.87. The normalized spacial score (nSPS) is 16.2. The summed E-state index contributed by atoms with van der Waals surface area (Å²) >= 11 is 1.23. The lowest BCUT2D eigenvalue weighted by Crippen LogP contribution is -2.38. The number of hydrogen-bond acceptors (Lipinski definition) is 5. The number of thiazole rings is 1. The molecule has 162 valence electrons. The van der Waals surface area contributed by atoms with Gasteiger partial charge in [-0.3, -0.25) is 9.36 Å². The van der Waals surface area contributed by atoms with Crippen LogP contribution in [0.25, 0.3) is 12.2 Å². The van der Waals surface area contributed by atoms with E-state index in [2.05, 4.69) is 4.99 Å². The summed E-state index contributed by atoms with van der Waals surface area (Å²) in [7, 11) is 0. The fourth-order valence-electron chi connectivity index (χ4n) is 3.49. The summed E-state index contributed by atoms with van der Waals surface area (Å²) in [5.74, 6) is -0.839. The van der Waals surface area contributed by atoms with Crippen LogP contribution in [-0.4, -0.2) is 17.1 Å². The number of allylic oxidation sites excluding steroid dienone is 2. The molecule has 0 bridgehead atoms. The number of ether oxygens (including phenoxy) is 1. The van der Waals surface area contributed by atoms with E-state index in [1.54, 1.807) is 32.1 Å². The van der Waals surface area contributed by atoms with Crippen molar-refractivity contribution in [1.82, 2.24) is 4.57 Å². The minimum atomic E-state index is -0.652. The number of halogens is 1. The van der Waals surface area contributed by atoms with Gasteiger partial charge in [-0.05, 0) is 43.2 Å². The molecule has 0 saturated heterocycles. The van der Waals surface area contributed by atoms with E-state index < -0.39 is 12.0 Å². The summed E-state index contributed by atoms with van der Waals surface area (Å²) in [6, 6.07) is 14.9. The number of benzene rings is 2. The average molecular weight is 449 g/mol. The van der Waals surface area contributed by atoms with Crippen LogP contribution in [0.15, 0.2) is 81.7 Å². The van der Waals surface area contributed by atoms with Gasteiger partial charge in [-0.15, -0.1) is 0 Å². The Bertz CT molecular complexity index is 1380. The number of hydrogen-bond donors (Lipinski definition) is 0. The van der Waals surface area contributed by atoms with Crippen molar-refractivity contribution in [3.63, 3.8) is 0 Å². The van der Waals surface area contributed by atoms with Gasteiger partial charge in [0.2, 0.25) is 0 Å². The lowest BCUT2D eigenvalue weighted by atomic mass is 10.0. The molecule has 0 saturated carbocycles. The Morgan fingerprint density at radius 1 is 1.16 bits per heavy atom. The van der Waals surface area contributed by atoms with Crippen molar-refractivity contribution in [3.8, 4) is 0 Å². The number of fused-ring (bicyclic) bond motifs is 1. The highest BCUT2D eigenvalue weighted by Gasteiger charge is 2.30. The topological polar surface area (TPSA) is 60.7 Å². The van der Waals surface area contributed by atoms with Gasteiger partial charge in [0, 0.05) is 0 Å². The number of esters is 1. The van der Waals surface area contributed by atoms with E-state index in [1.165, 1.54) is 28.0 Å². The van der Waals surface area contributed by atoms with E-state index in [9.17, 15) is 14.0 Å². The van der Waals surface area contributed by atoms with Crippen LogP contribution in [0, 0.1) is 5.82 Å². The van der Waals surface area contributed by atoms with Gasteiger partial charge in [0.05, 0.1) is 28.5 Å². The third-order valence-corrected chi connectivity index (χ3v) is 5.98. The zero-order valence-electron chi connectivity index (χ0n) is 17.6. The number of rotatable bonds is 5. The van der Waals surface area contributed by atoms with Crippen molar-refractivity contribution >= 4 is 29.5 Å². The van der Waals surface area contributed by atoms with Crippen LogP contribution in [0.5, 0.6) is 0 Å². The Morgan fingerprint density at radius 3 is 2.56 bits per heavy atom. The minimum absolute atomic E-state index is 0.222. The standard InChI is InChI=1S/C25H21FN2O3S/c1-3-31-24(30)22-16(2)27-25-28(20(22)14-11-17-7-5-4-6-8-17)23(29)21(32-25)15-18-9-12-19(26)13-10-18/h4-15,20H,3H2,1-2H3/b14-11+,21-15+/t20-/m1/s1. The number of carbonyl (C=O) groups excluding carboxylic acids is 1. The molecule has 1 atom stereocenters. The molecule has 3 aromatic rings. The molecule has 0 radical (unpaired) electrons. The lowest BCUT2D eigenvalue weighted by Gasteiger charge is -2.21. The molecular formula is C25H21FN2O3S. The zero-order chi connectivity index (χ0) is 22.7. The number of carbonyl (C=O) groups is 1. The molecule has 1 aromatic heterocycles. The first kappa shape index (κ1) is 21.6. The number of aromatic nitrogens is 1. The van der Waals surface area contributed by atoms with Crippen molar-refractivity contribution in [2.24, 2.45) is 4.99 Å². The maximum atomic E-state index is 13.3. The maximum absolute atomic E-state index is 13.3. The van der Waals surface area contributed by atoms with Crippen molar-refractivity contribution < 1.29 is 13.9 Å². The summed E-state index contributed by atoms with van der Waals surface area (Å²) in [6.07, 6.45) is 5.39. The molecule has 0 unspecified atom stereocenters. The molecular weight excluding hydrogens is 427 g/mol. The molecule has 2 heterocycles. The monoisotopic (exact) mass is 448 g/mol. The molecule has 0 fully saturated rings. The predicted molar refractivity (Wildman–Crippen MR) is 123 cm³/mol. The summed E-state index contributed by atoms with van der Waals surface area (Å²) in [5.41, 5.74) is 2.23. The van der Waals surface area contributed by atoms with Crippen molar-refractivity contribution in [3.05, 3.63) is 109 Å². The van der Waals surface area contributed by atoms with Crippen LogP contribution < -0.4 is 14.9 Å². The van der Waals surface area contributed by atoms with E-state index in [4.69, 9.17) is 4.74 Å². The smallest absolute Gasteiger partial charge is 0.338 e. The quantitative estimate of drug-likeness (QED) is 0.561. The Morgan fingerprint density at radius 2 is 1.88 bits per heavy atom. The van der Waals surface area contributed by atoms with Crippen LogP contribution in [0.3, 0.4) is 0 Å². The first-order valence-electron chi connectivity index (χ1n) is 10.2. The van der Waals surface area contributed by atoms with Gasteiger partial charge in [0.15, 0.2) is 4.80 Å². The first-order valence-corrected chi connectivity index (χ1v) is 11.0. The van der Waals surface area contributed by atoms with Gasteiger partial charge >= 0.3 is 5.97 Å². The SMILES string of the molecule is CCOC(=O)C1=C(C)N=c2s/c(=C/c3ccc(F)cc3)c(=O)n2[C@@H]1/C=C/c1ccccc1. The molecule has 0 aliphatic carbocycles. The van der Waals surface area contributed by atoms with Crippen LogP contribution in [-0.2, 0) is 9.53 Å². The molecule has 1 aliphatic heterocycles. The van der Waals surface area contributed by atoms with E-state index in [-0.39, 0.29) is 18.0 Å². The minimum Gasteiger partial charge on any atom is -0.463 e. The maximum Gasteiger partial charge on any atom is 0.338 e. The van der Waals surface area contributed by atoms with Gasteiger partial charge in [0.1, 0.15) is 5.82 Å². The molecule has 1 aliphatic rings. The van der Waals surface area contributed by atoms with Crippen LogP contribution in [0.1, 0.15) is 31.0 Å². The fourth-order valence-corrected chi connectivity index (χ4v) is 4.55. The van der Waals surface area contributed by atoms with Gasteiger partial charge in [-0.1, -0.05) is 66.0 Å². The third kappa shape index (κ3) is 4.38. The van der Waals surface area contributed by atoms with Crippen molar-refractivity contribution in [2.45, 2.75) is 19.9 Å². The van der Waals surface area contributed by atoms with Crippen molar-refractivity contribution in [1.29, 1.82) is 0 Å². The highest BCUT2D eigenvalue weighted by Crippen LogP contribution is 2.26. The summed E-state index contributed by atoms with van der Waals surface area (Å²) < 4.78 is 20.5. The summed E-state index contributed by atoms with van der Waals surface area (Å²) in [6.45, 7) is 3.70. The third-order valence-electron chi connectivity index (χ3n) is 5.00. The highest BCUT2D eigenvalue weighted by atomic mass is 32.1. The molecule has 0 N–H and O–H groups in total. The molecule has 0 spiro atoms. The highest BCUT2D eigenvalue weighted by molar-refractivity contribution is 7.07. The zero-order valence-corrected chi connectivity index (χ0v) is 18.4. The Hall–Kier alpha value is -3.58. The van der Waals surface area contributed by atoms with E-state index in [0.29, 0.717) is 26.2 Å². The van der Waals surface area contributed by atoms with E-state index in [1.807, 2.05) is 42.5 Å². The molecule has 32 heavy (non-hydrogen) atoms. The second kappa shape index (κ2) is 9.28. The van der Waals surface area contributed by atoms with Crippen LogP contribution in [0.2, 0.25) is 0 Å². The van der Waals surface area contributed by atoms with Gasteiger partial charge < -0.3 is 4.74 Å². The van der Waals surface area contributed by atoms with Gasteiger partial charge in [-0.2, -0.15) is 0 Å². The molecule has 4 rings (SSSR count). The fraction of sp³-hybridized carbons (Fsp3) is 0.160. The van der Waals surface area contributed by atoms with Gasteiger partial charge in [-0.25, -0.2) is 14.2 Å². The molecule has 5 nitrogen and oxygen atoms in total. The number of nitrogens with zero attached hydrogens (tertiary/aromatic N) is 2. The first-order chi connectivity index (χ1) is 15.5. The van der Waals surface area contributed by atoms with E-state index >= 15 is 0 Å². The second-order valence-electron chi connectivity index (χ2n) is 7.17. The summed E-state index contributed by atoms with van der Waals surface area (Å²) in [5, 5.41) is 0. The Kier molecular flexibility index (Phi) is 6.28. The van der Waals surface area contributed by atoms with Crippen molar-refractivity contribution in [2.75, 3.05) is 6.61 Å². The molecule has 0 amide bonds. The second-order valence-corrected chi connectivity index (χ2v) is 8.18. The largest absolute Gasteiger partial charge is 0.463 e. The Labute approximate surface area is 188 Å². The predicted octanol–water partition coefficient (Wildman–Crippen LogP) is 3.60. The van der Waals surface area contributed by atoms with E-state index in [0.717, 1.165) is 5.56 Å².